The van der Waals surface area contributed by atoms with E-state index in [0.717, 1.165) is 37.1 Å². The SMILES string of the molecule is CC(C)N1CCC(c2ccc3c(C(=O)NCC4CCCC(F)(F)C4)c(Cl)ccc3n2)CC1. The maximum atomic E-state index is 13.7. The number of aromatic nitrogens is 1. The molecule has 1 saturated carbocycles. The van der Waals surface area contributed by atoms with E-state index < -0.39 is 5.92 Å². The van der Waals surface area contributed by atoms with Crippen molar-refractivity contribution in [3.05, 3.63) is 40.5 Å². The van der Waals surface area contributed by atoms with Crippen LogP contribution in [-0.4, -0.2) is 47.4 Å². The highest BCUT2D eigenvalue weighted by molar-refractivity contribution is 6.35. The van der Waals surface area contributed by atoms with Crippen molar-refractivity contribution in [1.29, 1.82) is 0 Å². The molecule has 2 aliphatic rings. The summed E-state index contributed by atoms with van der Waals surface area (Å²) in [5, 5.41) is 3.89. The Labute approximate surface area is 193 Å². The number of rotatable bonds is 5. The smallest absolute Gasteiger partial charge is 0.253 e. The predicted molar refractivity (Wildman–Crippen MR) is 125 cm³/mol. The van der Waals surface area contributed by atoms with E-state index in [-0.39, 0.29) is 31.2 Å². The van der Waals surface area contributed by atoms with Crippen LogP contribution in [0.2, 0.25) is 5.02 Å². The lowest BCUT2D eigenvalue weighted by Crippen LogP contribution is -2.38. The van der Waals surface area contributed by atoms with Gasteiger partial charge in [-0.05, 0) is 76.7 Å². The fourth-order valence-electron chi connectivity index (χ4n) is 5.14. The highest BCUT2D eigenvalue weighted by Crippen LogP contribution is 2.36. The standard InChI is InChI=1S/C25H32ClF2N3O/c1-16(2)31-12-9-18(10-13-31)21-7-5-19-22(30-21)8-6-20(26)23(19)24(32)29-15-17-4-3-11-25(27,28)14-17/h5-8,16-18H,3-4,9-15H2,1-2H3,(H,29,32). The van der Waals surface area contributed by atoms with Gasteiger partial charge in [-0.15, -0.1) is 0 Å². The molecule has 0 spiro atoms. The number of carbonyl (C=O) groups is 1. The molecule has 32 heavy (non-hydrogen) atoms. The minimum atomic E-state index is -2.63. The van der Waals surface area contributed by atoms with Gasteiger partial charge >= 0.3 is 0 Å². The Kier molecular flexibility index (Phi) is 7.01. The Balaban J connectivity index is 1.48. The number of hydrogen-bond acceptors (Lipinski definition) is 3. The van der Waals surface area contributed by atoms with Crippen LogP contribution in [0.1, 0.15) is 74.3 Å². The highest BCUT2D eigenvalue weighted by Gasteiger charge is 2.36. The number of carbonyl (C=O) groups excluding carboxylic acids is 1. The van der Waals surface area contributed by atoms with E-state index in [9.17, 15) is 13.6 Å². The topological polar surface area (TPSA) is 45.2 Å². The molecule has 4 nitrogen and oxygen atoms in total. The van der Waals surface area contributed by atoms with Crippen molar-refractivity contribution < 1.29 is 13.6 Å². The second-order valence-electron chi connectivity index (χ2n) is 9.66. The zero-order chi connectivity index (χ0) is 22.9. The average molecular weight is 464 g/mol. The summed E-state index contributed by atoms with van der Waals surface area (Å²) in [6, 6.07) is 8.05. The number of likely N-dealkylation sites (tertiary alicyclic amines) is 1. The van der Waals surface area contributed by atoms with Crippen molar-refractivity contribution >= 4 is 28.4 Å². The van der Waals surface area contributed by atoms with E-state index in [1.165, 1.54) is 0 Å². The Bertz CT molecular complexity index is 973. The van der Waals surface area contributed by atoms with Crippen molar-refractivity contribution in [3.8, 4) is 0 Å². The summed E-state index contributed by atoms with van der Waals surface area (Å²) in [6.07, 6.45) is 3.12. The lowest BCUT2D eigenvalue weighted by Gasteiger charge is -2.34. The van der Waals surface area contributed by atoms with Crippen LogP contribution in [0.3, 0.4) is 0 Å². The number of nitrogens with one attached hydrogen (secondary N) is 1. The molecule has 1 aliphatic carbocycles. The molecule has 0 bridgehead atoms. The number of nitrogens with zero attached hydrogens (tertiary/aromatic N) is 2. The maximum absolute atomic E-state index is 13.7. The van der Waals surface area contributed by atoms with Crippen LogP contribution in [-0.2, 0) is 0 Å². The monoisotopic (exact) mass is 463 g/mol. The Morgan fingerprint density at radius 1 is 1.22 bits per heavy atom. The number of alkyl halides is 2. The van der Waals surface area contributed by atoms with Crippen LogP contribution in [0.4, 0.5) is 8.78 Å². The number of amides is 1. The van der Waals surface area contributed by atoms with Gasteiger partial charge in [-0.25, -0.2) is 8.78 Å². The minimum absolute atomic E-state index is 0.0584. The van der Waals surface area contributed by atoms with Crippen LogP contribution < -0.4 is 5.32 Å². The molecule has 174 valence electrons. The first kappa shape index (κ1) is 23.4. The number of benzene rings is 1. The van der Waals surface area contributed by atoms with Crippen LogP contribution >= 0.6 is 11.6 Å². The average Bonchev–Trinajstić information content (AvgIpc) is 2.76. The van der Waals surface area contributed by atoms with E-state index in [1.807, 2.05) is 18.2 Å². The molecule has 1 amide bonds. The van der Waals surface area contributed by atoms with Gasteiger partial charge in [0, 0.05) is 42.4 Å². The van der Waals surface area contributed by atoms with Gasteiger partial charge in [0.2, 0.25) is 5.92 Å². The molecule has 4 rings (SSSR count). The third kappa shape index (κ3) is 5.23. The van der Waals surface area contributed by atoms with E-state index in [4.69, 9.17) is 16.6 Å². The van der Waals surface area contributed by atoms with Crippen molar-refractivity contribution in [1.82, 2.24) is 15.2 Å². The van der Waals surface area contributed by atoms with Crippen molar-refractivity contribution in [2.24, 2.45) is 5.92 Å². The van der Waals surface area contributed by atoms with Gasteiger partial charge in [0.05, 0.1) is 16.1 Å². The van der Waals surface area contributed by atoms with Gasteiger partial charge in [-0.3, -0.25) is 9.78 Å². The lowest BCUT2D eigenvalue weighted by atomic mass is 9.86. The van der Waals surface area contributed by atoms with Gasteiger partial charge in [0.15, 0.2) is 0 Å². The van der Waals surface area contributed by atoms with E-state index >= 15 is 0 Å². The molecule has 0 radical (unpaired) electrons. The van der Waals surface area contributed by atoms with Gasteiger partial charge < -0.3 is 10.2 Å². The summed E-state index contributed by atoms with van der Waals surface area (Å²) >= 11 is 6.38. The van der Waals surface area contributed by atoms with Crippen LogP contribution in [0.25, 0.3) is 10.9 Å². The zero-order valence-electron chi connectivity index (χ0n) is 18.8. The molecule has 1 saturated heterocycles. The third-order valence-corrected chi connectivity index (χ3v) is 7.36. The quantitative estimate of drug-likeness (QED) is 0.588. The Morgan fingerprint density at radius 2 is 1.97 bits per heavy atom. The molecular weight excluding hydrogens is 432 g/mol. The van der Waals surface area contributed by atoms with Gasteiger partial charge in [-0.1, -0.05) is 17.7 Å². The van der Waals surface area contributed by atoms with Crippen molar-refractivity contribution in [2.45, 2.75) is 70.3 Å². The molecule has 1 aromatic carbocycles. The molecule has 1 unspecified atom stereocenters. The fraction of sp³-hybridized carbons (Fsp3) is 0.600. The highest BCUT2D eigenvalue weighted by atomic mass is 35.5. The van der Waals surface area contributed by atoms with Gasteiger partial charge in [0.1, 0.15) is 0 Å². The van der Waals surface area contributed by atoms with Crippen LogP contribution in [0.15, 0.2) is 24.3 Å². The predicted octanol–water partition coefficient (Wildman–Crippen LogP) is 6.03. The normalized spacial score (nSPS) is 22.4. The lowest BCUT2D eigenvalue weighted by molar-refractivity contribution is -0.0518. The Morgan fingerprint density at radius 3 is 2.66 bits per heavy atom. The number of fused-ring (bicyclic) bond motifs is 1. The van der Waals surface area contributed by atoms with E-state index in [2.05, 4.69) is 24.1 Å². The number of halogens is 3. The molecule has 2 aromatic rings. The minimum Gasteiger partial charge on any atom is -0.352 e. The first-order valence-electron chi connectivity index (χ1n) is 11.7. The van der Waals surface area contributed by atoms with Gasteiger partial charge in [0.25, 0.3) is 5.91 Å². The first-order chi connectivity index (χ1) is 15.2. The molecule has 1 aromatic heterocycles. The summed E-state index contributed by atoms with van der Waals surface area (Å²) < 4.78 is 27.4. The first-order valence-corrected chi connectivity index (χ1v) is 12.1. The van der Waals surface area contributed by atoms with Crippen molar-refractivity contribution in [2.75, 3.05) is 19.6 Å². The Hall–Kier alpha value is -1.79. The molecule has 1 N–H and O–H groups in total. The van der Waals surface area contributed by atoms with Crippen LogP contribution in [0.5, 0.6) is 0 Å². The zero-order valence-corrected chi connectivity index (χ0v) is 19.6. The summed E-state index contributed by atoms with van der Waals surface area (Å²) in [5.41, 5.74) is 2.17. The molecule has 7 heteroatoms. The summed E-state index contributed by atoms with van der Waals surface area (Å²) in [7, 11) is 0. The second-order valence-corrected chi connectivity index (χ2v) is 10.1. The molecular formula is C25H32ClF2N3O. The summed E-state index contributed by atoms with van der Waals surface area (Å²) in [4.78, 5) is 20.3. The second kappa shape index (κ2) is 9.60. The third-order valence-electron chi connectivity index (χ3n) is 7.04. The number of pyridine rings is 1. The van der Waals surface area contributed by atoms with E-state index in [0.29, 0.717) is 40.8 Å². The maximum Gasteiger partial charge on any atom is 0.253 e. The van der Waals surface area contributed by atoms with Gasteiger partial charge in [-0.2, -0.15) is 0 Å². The fourth-order valence-corrected chi connectivity index (χ4v) is 5.39. The molecule has 2 fully saturated rings. The summed E-state index contributed by atoms with van der Waals surface area (Å²) in [6.45, 7) is 6.82. The largest absolute Gasteiger partial charge is 0.352 e. The van der Waals surface area contributed by atoms with Crippen LogP contribution in [0, 0.1) is 5.92 Å². The summed E-state index contributed by atoms with van der Waals surface area (Å²) in [5.74, 6) is -2.75. The number of piperidine rings is 1. The molecule has 1 aliphatic heterocycles. The van der Waals surface area contributed by atoms with E-state index in [1.54, 1.807) is 6.07 Å². The number of hydrogen-bond donors (Lipinski definition) is 1. The van der Waals surface area contributed by atoms with Crippen molar-refractivity contribution in [3.63, 3.8) is 0 Å². The molecule has 1 atom stereocenters. The molecule has 2 heterocycles.